The van der Waals surface area contributed by atoms with Crippen LogP contribution in [-0.2, 0) is 0 Å². The highest BCUT2D eigenvalue weighted by atomic mass is 35.5. The zero-order chi connectivity index (χ0) is 19.6. The topological polar surface area (TPSA) is 94.6 Å². The van der Waals surface area contributed by atoms with Crippen LogP contribution in [0.5, 0.6) is 0 Å². The third kappa shape index (κ3) is 4.34. The van der Waals surface area contributed by atoms with Crippen LogP contribution in [0.25, 0.3) is 0 Å². The fourth-order valence-corrected chi connectivity index (χ4v) is 3.47. The minimum atomic E-state index is -0.347. The van der Waals surface area contributed by atoms with Gasteiger partial charge in [0.05, 0.1) is 17.3 Å². The van der Waals surface area contributed by atoms with E-state index in [-0.39, 0.29) is 11.9 Å². The van der Waals surface area contributed by atoms with Crippen LogP contribution in [0.15, 0.2) is 46.9 Å². The second kappa shape index (κ2) is 8.15. The van der Waals surface area contributed by atoms with Gasteiger partial charge in [-0.05, 0) is 44.4 Å². The molecule has 0 aromatic heterocycles. The van der Waals surface area contributed by atoms with Gasteiger partial charge in [0, 0.05) is 35.1 Å². The van der Waals surface area contributed by atoms with Crippen molar-refractivity contribution in [3.05, 3.63) is 52.5 Å². The number of carbonyl (C=O) groups excluding carboxylic acids is 1. The van der Waals surface area contributed by atoms with Gasteiger partial charge in [0.15, 0.2) is 0 Å². The van der Waals surface area contributed by atoms with Crippen LogP contribution in [0.4, 0.5) is 5.69 Å². The molecule has 0 bridgehead atoms. The molecule has 2 aliphatic rings. The normalized spacial score (nSPS) is 21.4. The number of nitrogen functional groups attached to an aromatic ring is 1. The number of anilines is 1. The Labute approximate surface area is 168 Å². The van der Waals surface area contributed by atoms with Gasteiger partial charge in [-0.25, -0.2) is 4.99 Å². The molecule has 6 nitrogen and oxygen atoms in total. The zero-order valence-electron chi connectivity index (χ0n) is 14.9. The molecule has 1 aromatic rings. The van der Waals surface area contributed by atoms with Gasteiger partial charge in [0.1, 0.15) is 11.0 Å². The average Bonchev–Trinajstić information content (AvgIpc) is 2.66. The Morgan fingerprint density at radius 3 is 2.93 bits per heavy atom. The van der Waals surface area contributed by atoms with Crippen molar-refractivity contribution >= 4 is 45.7 Å². The number of halogens is 2. The Hall–Kier alpha value is -2.31. The number of hydrogen-bond donors (Lipinski definition) is 3. The SMILES string of the molecule is CC1=CN/C(=C\C(=N)[C@@H]2CCCCN2C(=O)c2cc(Cl)ccc2N)N=C1Cl. The molecule has 0 unspecified atom stereocenters. The molecular formula is C19H21Cl2N5O. The van der Waals surface area contributed by atoms with E-state index in [4.69, 9.17) is 34.3 Å². The molecule has 2 heterocycles. The first-order valence-electron chi connectivity index (χ1n) is 8.71. The van der Waals surface area contributed by atoms with E-state index in [9.17, 15) is 4.79 Å². The van der Waals surface area contributed by atoms with E-state index in [0.717, 1.165) is 18.4 Å². The lowest BCUT2D eigenvalue weighted by Gasteiger charge is -2.36. The first-order chi connectivity index (χ1) is 12.9. The summed E-state index contributed by atoms with van der Waals surface area (Å²) in [6.07, 6.45) is 5.90. The molecular weight excluding hydrogens is 385 g/mol. The van der Waals surface area contributed by atoms with Crippen LogP contribution in [0.3, 0.4) is 0 Å². The molecule has 0 spiro atoms. The third-order valence-corrected chi connectivity index (χ3v) is 5.26. The van der Waals surface area contributed by atoms with Crippen LogP contribution in [0.2, 0.25) is 5.02 Å². The van der Waals surface area contributed by atoms with Gasteiger partial charge in [-0.1, -0.05) is 23.2 Å². The lowest BCUT2D eigenvalue weighted by molar-refractivity contribution is 0.0681. The van der Waals surface area contributed by atoms with E-state index < -0.39 is 0 Å². The summed E-state index contributed by atoms with van der Waals surface area (Å²) in [4.78, 5) is 19.0. The molecule has 1 amide bonds. The molecule has 3 rings (SSSR count). The van der Waals surface area contributed by atoms with Gasteiger partial charge in [0.2, 0.25) is 0 Å². The number of allylic oxidation sites excluding steroid dienone is 1. The molecule has 1 fully saturated rings. The highest BCUT2D eigenvalue weighted by Gasteiger charge is 2.31. The number of carbonyl (C=O) groups is 1. The van der Waals surface area contributed by atoms with Crippen molar-refractivity contribution in [3.8, 4) is 0 Å². The van der Waals surface area contributed by atoms with E-state index in [0.29, 0.717) is 45.9 Å². The number of hydrogen-bond acceptors (Lipinski definition) is 5. The van der Waals surface area contributed by atoms with Crippen LogP contribution in [0, 0.1) is 5.41 Å². The van der Waals surface area contributed by atoms with Gasteiger partial charge in [-0.3, -0.25) is 4.79 Å². The summed E-state index contributed by atoms with van der Waals surface area (Å²) in [5, 5.41) is 12.4. The quantitative estimate of drug-likeness (QED) is 0.525. The monoisotopic (exact) mass is 405 g/mol. The minimum Gasteiger partial charge on any atom is -0.398 e. The average molecular weight is 406 g/mol. The van der Waals surface area contributed by atoms with Crippen molar-refractivity contribution in [1.82, 2.24) is 10.2 Å². The molecule has 142 valence electrons. The van der Waals surface area contributed by atoms with Gasteiger partial charge >= 0.3 is 0 Å². The van der Waals surface area contributed by atoms with Gasteiger partial charge < -0.3 is 21.4 Å². The number of benzene rings is 1. The predicted molar refractivity (Wildman–Crippen MR) is 111 cm³/mol. The Morgan fingerprint density at radius 2 is 2.19 bits per heavy atom. The molecule has 2 aliphatic heterocycles. The number of nitrogens with two attached hydrogens (primary N) is 1. The van der Waals surface area contributed by atoms with Crippen molar-refractivity contribution in [2.24, 2.45) is 4.99 Å². The summed E-state index contributed by atoms with van der Waals surface area (Å²) in [5.74, 6) is 0.271. The fraction of sp³-hybridized carbons (Fsp3) is 0.316. The van der Waals surface area contributed by atoms with E-state index in [1.165, 1.54) is 0 Å². The number of rotatable bonds is 3. The lowest BCUT2D eigenvalue weighted by atomic mass is 9.96. The second-order valence-corrected chi connectivity index (χ2v) is 7.40. The molecule has 8 heteroatoms. The predicted octanol–water partition coefficient (Wildman–Crippen LogP) is 3.92. The first kappa shape index (κ1) is 19.5. The van der Waals surface area contributed by atoms with Crippen molar-refractivity contribution in [1.29, 1.82) is 5.41 Å². The first-order valence-corrected chi connectivity index (χ1v) is 9.46. The van der Waals surface area contributed by atoms with Gasteiger partial charge in [-0.15, -0.1) is 0 Å². The van der Waals surface area contributed by atoms with Crippen molar-refractivity contribution < 1.29 is 4.79 Å². The number of aliphatic imine (C=N–C) groups is 1. The highest BCUT2D eigenvalue weighted by molar-refractivity contribution is 6.69. The zero-order valence-corrected chi connectivity index (χ0v) is 16.4. The van der Waals surface area contributed by atoms with Crippen molar-refractivity contribution in [2.45, 2.75) is 32.2 Å². The summed E-state index contributed by atoms with van der Waals surface area (Å²) >= 11 is 12.1. The Balaban J connectivity index is 1.84. The molecule has 0 radical (unpaired) electrons. The largest absolute Gasteiger partial charge is 0.398 e. The Bertz CT molecular complexity index is 875. The summed E-state index contributed by atoms with van der Waals surface area (Å²) in [7, 11) is 0. The molecule has 0 saturated carbocycles. The molecule has 1 aromatic carbocycles. The van der Waals surface area contributed by atoms with E-state index in [1.54, 1.807) is 35.4 Å². The van der Waals surface area contributed by atoms with Gasteiger partial charge in [-0.2, -0.15) is 0 Å². The summed E-state index contributed by atoms with van der Waals surface area (Å²) in [6.45, 7) is 2.41. The van der Waals surface area contributed by atoms with Crippen LogP contribution in [-0.4, -0.2) is 34.3 Å². The van der Waals surface area contributed by atoms with Gasteiger partial charge in [0.25, 0.3) is 5.91 Å². The Kier molecular flexibility index (Phi) is 5.87. The molecule has 4 N–H and O–H groups in total. The minimum absolute atomic E-state index is 0.211. The van der Waals surface area contributed by atoms with E-state index in [1.807, 2.05) is 6.92 Å². The maximum atomic E-state index is 13.1. The summed E-state index contributed by atoms with van der Waals surface area (Å²) < 4.78 is 0. The molecule has 1 atom stereocenters. The van der Waals surface area contributed by atoms with Crippen LogP contribution >= 0.6 is 23.2 Å². The number of nitrogens with one attached hydrogen (secondary N) is 2. The van der Waals surface area contributed by atoms with E-state index >= 15 is 0 Å². The van der Waals surface area contributed by atoms with Crippen molar-refractivity contribution in [2.75, 3.05) is 12.3 Å². The Morgan fingerprint density at radius 1 is 1.41 bits per heavy atom. The maximum absolute atomic E-state index is 13.1. The lowest BCUT2D eigenvalue weighted by Crippen LogP contribution is -2.47. The molecule has 0 aliphatic carbocycles. The second-order valence-electron chi connectivity index (χ2n) is 6.60. The standard InChI is InChI=1S/C19H21Cl2N5O/c1-11-10-24-17(25-18(11)21)9-15(23)16-4-2-3-7-26(16)19(27)13-8-12(20)5-6-14(13)22/h5-6,8-10,16,23-24H,2-4,7,22H2,1H3/b17-9+,23-15?/t16-/m0/s1. The number of piperidine rings is 1. The maximum Gasteiger partial charge on any atom is 0.256 e. The summed E-state index contributed by atoms with van der Waals surface area (Å²) in [6, 6.07) is 4.51. The molecule has 27 heavy (non-hydrogen) atoms. The fourth-order valence-electron chi connectivity index (χ4n) is 3.15. The highest BCUT2D eigenvalue weighted by Crippen LogP contribution is 2.25. The summed E-state index contributed by atoms with van der Waals surface area (Å²) in [5.41, 5.74) is 7.84. The van der Waals surface area contributed by atoms with Crippen LogP contribution < -0.4 is 11.1 Å². The number of likely N-dealkylation sites (tertiary alicyclic amines) is 1. The molecule has 1 saturated heterocycles. The van der Waals surface area contributed by atoms with E-state index in [2.05, 4.69) is 10.3 Å². The van der Waals surface area contributed by atoms with Crippen LogP contribution in [0.1, 0.15) is 36.5 Å². The third-order valence-electron chi connectivity index (χ3n) is 4.64. The van der Waals surface area contributed by atoms with Crippen molar-refractivity contribution in [3.63, 3.8) is 0 Å². The number of amides is 1. The smallest absolute Gasteiger partial charge is 0.256 e. The number of nitrogens with zero attached hydrogens (tertiary/aromatic N) is 2.